The minimum Gasteiger partial charge on any atom is -0.478 e. The van der Waals surface area contributed by atoms with E-state index in [0.717, 1.165) is 25.5 Å². The first-order valence-electron chi connectivity index (χ1n) is 7.18. The van der Waals surface area contributed by atoms with E-state index in [1.807, 2.05) is 17.9 Å². The maximum absolute atomic E-state index is 14.0. The summed E-state index contributed by atoms with van der Waals surface area (Å²) < 4.78 is 19.6. The number of carboxylic acids is 1. The van der Waals surface area contributed by atoms with E-state index in [1.165, 1.54) is 12.1 Å². The number of carboxylic acid groups (broad SMARTS) is 1. The van der Waals surface area contributed by atoms with Gasteiger partial charge in [-0.1, -0.05) is 6.07 Å². The minimum atomic E-state index is -1.09. The van der Waals surface area contributed by atoms with Crippen molar-refractivity contribution in [2.75, 3.05) is 24.6 Å². The van der Waals surface area contributed by atoms with Crippen molar-refractivity contribution < 1.29 is 19.0 Å². The zero-order valence-electron chi connectivity index (χ0n) is 12.1. The second-order valence-electron chi connectivity index (χ2n) is 5.02. The molecule has 1 unspecified atom stereocenters. The number of halogens is 1. The monoisotopic (exact) mass is 293 g/mol. The number of ether oxygens (including phenoxy) is 1. The molecule has 1 aromatic carbocycles. The number of hydrogen-bond acceptors (Lipinski definition) is 3. The van der Waals surface area contributed by atoms with Crippen LogP contribution in [0.25, 0.3) is 6.08 Å². The van der Waals surface area contributed by atoms with Gasteiger partial charge in [0.1, 0.15) is 5.82 Å². The van der Waals surface area contributed by atoms with Crippen LogP contribution in [0.15, 0.2) is 24.3 Å². The van der Waals surface area contributed by atoms with Crippen molar-refractivity contribution in [2.24, 2.45) is 0 Å². The van der Waals surface area contributed by atoms with Crippen LogP contribution >= 0.6 is 0 Å². The first kappa shape index (κ1) is 15.5. The van der Waals surface area contributed by atoms with Gasteiger partial charge in [0.2, 0.25) is 0 Å². The molecule has 1 heterocycles. The zero-order chi connectivity index (χ0) is 15.2. The van der Waals surface area contributed by atoms with Crippen LogP contribution in [0.3, 0.4) is 0 Å². The molecule has 1 aliphatic heterocycles. The highest BCUT2D eigenvalue weighted by Crippen LogP contribution is 2.26. The van der Waals surface area contributed by atoms with Crippen molar-refractivity contribution in [1.29, 1.82) is 0 Å². The number of aliphatic carboxylic acids is 1. The van der Waals surface area contributed by atoms with Gasteiger partial charge in [0.15, 0.2) is 0 Å². The molecular formula is C16H20FNO3. The molecule has 1 saturated heterocycles. The largest absolute Gasteiger partial charge is 0.478 e. The summed E-state index contributed by atoms with van der Waals surface area (Å²) in [6, 6.07) is 4.79. The number of benzene rings is 1. The lowest BCUT2D eigenvalue weighted by Gasteiger charge is -2.27. The van der Waals surface area contributed by atoms with Gasteiger partial charge in [-0.2, -0.15) is 0 Å². The second kappa shape index (κ2) is 7.22. The van der Waals surface area contributed by atoms with Gasteiger partial charge in [0, 0.05) is 37.0 Å². The first-order chi connectivity index (χ1) is 10.1. The van der Waals surface area contributed by atoms with Crippen LogP contribution in [-0.4, -0.2) is 36.9 Å². The van der Waals surface area contributed by atoms with Crippen molar-refractivity contribution in [2.45, 2.75) is 25.9 Å². The Morgan fingerprint density at radius 2 is 2.38 bits per heavy atom. The van der Waals surface area contributed by atoms with E-state index >= 15 is 0 Å². The Morgan fingerprint density at radius 1 is 1.57 bits per heavy atom. The van der Waals surface area contributed by atoms with Crippen LogP contribution in [0.1, 0.15) is 25.3 Å². The molecule has 1 aromatic rings. The molecule has 0 amide bonds. The zero-order valence-corrected chi connectivity index (χ0v) is 12.1. The summed E-state index contributed by atoms with van der Waals surface area (Å²) in [6.07, 6.45) is 4.49. The molecule has 1 aliphatic rings. The van der Waals surface area contributed by atoms with Gasteiger partial charge in [0.05, 0.1) is 6.10 Å². The number of anilines is 1. The van der Waals surface area contributed by atoms with Crippen LogP contribution < -0.4 is 4.90 Å². The van der Waals surface area contributed by atoms with E-state index in [1.54, 1.807) is 6.07 Å². The van der Waals surface area contributed by atoms with E-state index in [4.69, 9.17) is 9.84 Å². The number of carbonyl (C=O) groups is 1. The van der Waals surface area contributed by atoms with E-state index in [9.17, 15) is 9.18 Å². The van der Waals surface area contributed by atoms with Crippen molar-refractivity contribution in [3.05, 3.63) is 35.7 Å². The van der Waals surface area contributed by atoms with Crippen LogP contribution in [-0.2, 0) is 9.53 Å². The van der Waals surface area contributed by atoms with Gasteiger partial charge in [-0.15, -0.1) is 0 Å². The molecular weight excluding hydrogens is 273 g/mol. The highest BCUT2D eigenvalue weighted by molar-refractivity contribution is 5.87. The fraction of sp³-hybridized carbons (Fsp3) is 0.438. The Labute approximate surface area is 123 Å². The molecule has 21 heavy (non-hydrogen) atoms. The summed E-state index contributed by atoms with van der Waals surface area (Å²) in [5.74, 6) is -1.51. The molecule has 1 N–H and O–H groups in total. The van der Waals surface area contributed by atoms with Crippen molar-refractivity contribution in [3.8, 4) is 0 Å². The van der Waals surface area contributed by atoms with E-state index in [0.29, 0.717) is 24.3 Å². The average Bonchev–Trinajstić information content (AvgIpc) is 2.96. The molecule has 1 fully saturated rings. The first-order valence-corrected chi connectivity index (χ1v) is 7.18. The molecule has 114 valence electrons. The SMILES string of the molecule is CCN(CC1CCCO1)c1cccc(F)c1/C=C/C(=O)O. The van der Waals surface area contributed by atoms with Gasteiger partial charge in [-0.25, -0.2) is 9.18 Å². The maximum atomic E-state index is 14.0. The van der Waals surface area contributed by atoms with E-state index < -0.39 is 11.8 Å². The fourth-order valence-corrected chi connectivity index (χ4v) is 2.55. The fourth-order valence-electron chi connectivity index (χ4n) is 2.55. The number of likely N-dealkylation sites (N-methyl/N-ethyl adjacent to an activating group) is 1. The summed E-state index contributed by atoms with van der Waals surface area (Å²) in [5, 5.41) is 8.74. The molecule has 0 aromatic heterocycles. The third kappa shape index (κ3) is 4.04. The molecule has 1 atom stereocenters. The summed E-state index contributed by atoms with van der Waals surface area (Å²) in [5.41, 5.74) is 1.00. The normalized spacial score (nSPS) is 18.3. The van der Waals surface area contributed by atoms with Crippen LogP contribution in [0.4, 0.5) is 10.1 Å². The van der Waals surface area contributed by atoms with Gasteiger partial charge >= 0.3 is 5.97 Å². The number of nitrogens with zero attached hydrogens (tertiary/aromatic N) is 1. The quantitative estimate of drug-likeness (QED) is 0.819. The molecule has 4 nitrogen and oxygen atoms in total. The Morgan fingerprint density at radius 3 is 3.00 bits per heavy atom. The Bertz CT molecular complexity index is 524. The Hall–Kier alpha value is -1.88. The Kier molecular flexibility index (Phi) is 5.33. The van der Waals surface area contributed by atoms with E-state index in [2.05, 4.69) is 0 Å². The van der Waals surface area contributed by atoms with Gasteiger partial charge in [0.25, 0.3) is 0 Å². The third-order valence-corrected chi connectivity index (χ3v) is 3.59. The molecule has 0 radical (unpaired) electrons. The lowest BCUT2D eigenvalue weighted by Crippen LogP contribution is -2.32. The number of rotatable bonds is 6. The number of hydrogen-bond donors (Lipinski definition) is 1. The lowest BCUT2D eigenvalue weighted by molar-refractivity contribution is -0.131. The predicted octanol–water partition coefficient (Wildman–Crippen LogP) is 2.93. The predicted molar refractivity (Wildman–Crippen MR) is 79.9 cm³/mol. The molecule has 0 saturated carbocycles. The van der Waals surface area contributed by atoms with E-state index in [-0.39, 0.29) is 6.10 Å². The van der Waals surface area contributed by atoms with Gasteiger partial charge in [-0.05, 0) is 38.0 Å². The average molecular weight is 293 g/mol. The summed E-state index contributed by atoms with van der Waals surface area (Å²) in [7, 11) is 0. The van der Waals surface area contributed by atoms with Crippen molar-refractivity contribution >= 4 is 17.7 Å². The summed E-state index contributed by atoms with van der Waals surface area (Å²) in [6.45, 7) is 4.16. The standard InChI is InChI=1S/C16H20FNO3/c1-2-18(11-12-5-4-10-21-12)15-7-3-6-14(17)13(15)8-9-16(19)20/h3,6-9,12H,2,4-5,10-11H2,1H3,(H,19,20)/b9-8+. The third-order valence-electron chi connectivity index (χ3n) is 3.59. The molecule has 0 spiro atoms. The molecule has 0 aliphatic carbocycles. The summed E-state index contributed by atoms with van der Waals surface area (Å²) >= 11 is 0. The topological polar surface area (TPSA) is 49.8 Å². The lowest BCUT2D eigenvalue weighted by atomic mass is 10.1. The Balaban J connectivity index is 2.26. The van der Waals surface area contributed by atoms with Crippen molar-refractivity contribution in [1.82, 2.24) is 0 Å². The van der Waals surface area contributed by atoms with Crippen LogP contribution in [0.5, 0.6) is 0 Å². The smallest absolute Gasteiger partial charge is 0.328 e. The minimum absolute atomic E-state index is 0.157. The van der Waals surface area contributed by atoms with Crippen LogP contribution in [0.2, 0.25) is 0 Å². The maximum Gasteiger partial charge on any atom is 0.328 e. The highest BCUT2D eigenvalue weighted by Gasteiger charge is 2.20. The summed E-state index contributed by atoms with van der Waals surface area (Å²) in [4.78, 5) is 12.7. The van der Waals surface area contributed by atoms with Crippen molar-refractivity contribution in [3.63, 3.8) is 0 Å². The molecule has 2 rings (SSSR count). The second-order valence-corrected chi connectivity index (χ2v) is 5.02. The molecule has 0 bridgehead atoms. The van der Waals surface area contributed by atoms with Gasteiger partial charge in [-0.3, -0.25) is 0 Å². The highest BCUT2D eigenvalue weighted by atomic mass is 19.1. The molecule has 5 heteroatoms. The van der Waals surface area contributed by atoms with Crippen LogP contribution in [0, 0.1) is 5.82 Å². The van der Waals surface area contributed by atoms with Gasteiger partial charge < -0.3 is 14.7 Å².